The molecule has 0 aromatic heterocycles. The van der Waals surface area contributed by atoms with Crippen molar-refractivity contribution >= 4 is 17.7 Å². The molecule has 7 nitrogen and oxygen atoms in total. The molecule has 0 bridgehead atoms. The number of Topliss-reactive ketones (excluding diaryl/α,β-unsaturated/α-hetero) is 1. The molecule has 0 aliphatic carbocycles. The predicted octanol–water partition coefficient (Wildman–Crippen LogP) is 2.43. The second kappa shape index (κ2) is 9.60. The highest BCUT2D eigenvalue weighted by molar-refractivity contribution is 5.97. The van der Waals surface area contributed by atoms with Gasteiger partial charge >= 0.3 is 11.9 Å². The summed E-state index contributed by atoms with van der Waals surface area (Å²) in [7, 11) is 2.41. The van der Waals surface area contributed by atoms with Gasteiger partial charge < -0.3 is 19.9 Å². The van der Waals surface area contributed by atoms with Crippen molar-refractivity contribution in [3.8, 4) is 5.75 Å². The molecule has 26 heavy (non-hydrogen) atoms. The number of ether oxygens (including phenoxy) is 2. The standard InChI is InChI=1S/C19H25NO6/c1-6-7-15-13(8-9-14(12(3)21)18(15)23)11(2)20-16(19(24)26-5)10-17(22)25-4/h8-11,20,23H,6-7H2,1-5H3/b16-10+. The van der Waals surface area contributed by atoms with Gasteiger partial charge in [-0.15, -0.1) is 0 Å². The molecule has 1 aromatic carbocycles. The topological polar surface area (TPSA) is 102 Å². The summed E-state index contributed by atoms with van der Waals surface area (Å²) in [6.07, 6.45) is 2.32. The predicted molar refractivity (Wildman–Crippen MR) is 95.8 cm³/mol. The smallest absolute Gasteiger partial charge is 0.354 e. The molecule has 1 atom stereocenters. The summed E-state index contributed by atoms with van der Waals surface area (Å²) >= 11 is 0. The Bertz CT molecular complexity index is 723. The Balaban J connectivity index is 3.30. The molecule has 1 rings (SSSR count). The highest BCUT2D eigenvalue weighted by Crippen LogP contribution is 2.31. The molecular weight excluding hydrogens is 338 g/mol. The first kappa shape index (κ1) is 21.2. The first-order valence-electron chi connectivity index (χ1n) is 8.26. The van der Waals surface area contributed by atoms with Gasteiger partial charge in [0.1, 0.15) is 11.4 Å². The number of phenolic OH excluding ortho intramolecular Hbond substituents is 1. The fourth-order valence-electron chi connectivity index (χ4n) is 2.61. The Morgan fingerprint density at radius 3 is 2.38 bits per heavy atom. The van der Waals surface area contributed by atoms with Crippen molar-refractivity contribution in [1.82, 2.24) is 5.32 Å². The SMILES string of the molecule is CCCc1c(C(C)N/C(=C/C(=O)OC)C(=O)OC)ccc(C(C)=O)c1O. The Kier molecular flexibility index (Phi) is 7.83. The van der Waals surface area contributed by atoms with E-state index in [2.05, 4.69) is 14.8 Å². The maximum atomic E-state index is 11.9. The van der Waals surface area contributed by atoms with Crippen molar-refractivity contribution in [3.63, 3.8) is 0 Å². The number of aromatic hydroxyl groups is 1. The van der Waals surface area contributed by atoms with E-state index in [-0.39, 0.29) is 22.8 Å². The van der Waals surface area contributed by atoms with Gasteiger partial charge in [-0.05, 0) is 37.5 Å². The van der Waals surface area contributed by atoms with Crippen LogP contribution in [0.15, 0.2) is 23.9 Å². The lowest BCUT2D eigenvalue weighted by Crippen LogP contribution is -2.26. The largest absolute Gasteiger partial charge is 0.507 e. The van der Waals surface area contributed by atoms with Gasteiger partial charge in [-0.2, -0.15) is 0 Å². The number of hydrogen-bond acceptors (Lipinski definition) is 7. The number of carbonyl (C=O) groups excluding carboxylic acids is 3. The van der Waals surface area contributed by atoms with Gasteiger partial charge in [-0.1, -0.05) is 19.4 Å². The van der Waals surface area contributed by atoms with E-state index in [1.807, 2.05) is 6.92 Å². The van der Waals surface area contributed by atoms with Crippen LogP contribution >= 0.6 is 0 Å². The van der Waals surface area contributed by atoms with Gasteiger partial charge in [0.25, 0.3) is 0 Å². The van der Waals surface area contributed by atoms with Crippen LogP contribution in [0.4, 0.5) is 0 Å². The van der Waals surface area contributed by atoms with Gasteiger partial charge in [-0.3, -0.25) is 4.79 Å². The van der Waals surface area contributed by atoms with Crippen LogP contribution in [-0.4, -0.2) is 37.0 Å². The number of benzene rings is 1. The highest BCUT2D eigenvalue weighted by atomic mass is 16.5. The van der Waals surface area contributed by atoms with E-state index in [1.165, 1.54) is 21.1 Å². The second-order valence-electron chi connectivity index (χ2n) is 5.77. The third-order valence-electron chi connectivity index (χ3n) is 3.91. The molecule has 0 saturated heterocycles. The van der Waals surface area contributed by atoms with E-state index in [1.54, 1.807) is 19.1 Å². The van der Waals surface area contributed by atoms with E-state index in [4.69, 9.17) is 0 Å². The molecule has 0 fully saturated rings. The third kappa shape index (κ3) is 5.08. The molecule has 0 saturated carbocycles. The minimum atomic E-state index is -0.719. The highest BCUT2D eigenvalue weighted by Gasteiger charge is 2.21. The maximum absolute atomic E-state index is 11.9. The third-order valence-corrected chi connectivity index (χ3v) is 3.91. The lowest BCUT2D eigenvalue weighted by molar-refractivity contribution is -0.138. The van der Waals surface area contributed by atoms with Crippen LogP contribution < -0.4 is 5.32 Å². The fourth-order valence-corrected chi connectivity index (χ4v) is 2.61. The summed E-state index contributed by atoms with van der Waals surface area (Å²) < 4.78 is 9.22. The van der Waals surface area contributed by atoms with Crippen LogP contribution in [0, 0.1) is 0 Å². The average molecular weight is 363 g/mol. The minimum absolute atomic E-state index is 0.0536. The summed E-state index contributed by atoms with van der Waals surface area (Å²) in [5, 5.41) is 13.4. The fraction of sp³-hybridized carbons (Fsp3) is 0.421. The Morgan fingerprint density at radius 2 is 1.88 bits per heavy atom. The maximum Gasteiger partial charge on any atom is 0.354 e. The van der Waals surface area contributed by atoms with Crippen molar-refractivity contribution in [2.75, 3.05) is 14.2 Å². The van der Waals surface area contributed by atoms with Crippen molar-refractivity contribution in [2.45, 2.75) is 39.7 Å². The molecular formula is C19H25NO6. The van der Waals surface area contributed by atoms with Crippen LogP contribution in [0.3, 0.4) is 0 Å². The number of methoxy groups -OCH3 is 2. The van der Waals surface area contributed by atoms with Crippen molar-refractivity contribution < 1.29 is 29.0 Å². The van der Waals surface area contributed by atoms with Crippen molar-refractivity contribution in [3.05, 3.63) is 40.6 Å². The number of nitrogens with one attached hydrogen (secondary N) is 1. The molecule has 0 amide bonds. The van der Waals surface area contributed by atoms with E-state index in [0.717, 1.165) is 12.5 Å². The second-order valence-corrected chi connectivity index (χ2v) is 5.77. The number of phenols is 1. The van der Waals surface area contributed by atoms with Gasteiger partial charge in [0.05, 0.1) is 25.9 Å². The Hall–Kier alpha value is -2.83. The van der Waals surface area contributed by atoms with Crippen molar-refractivity contribution in [2.24, 2.45) is 0 Å². The molecule has 0 aliphatic heterocycles. The number of carbonyl (C=O) groups is 3. The zero-order valence-corrected chi connectivity index (χ0v) is 15.7. The zero-order chi connectivity index (χ0) is 19.9. The molecule has 0 spiro atoms. The average Bonchev–Trinajstić information content (AvgIpc) is 2.61. The molecule has 0 aliphatic rings. The summed E-state index contributed by atoms with van der Waals surface area (Å²) in [5.41, 5.74) is 1.53. The Labute approximate surface area is 153 Å². The summed E-state index contributed by atoms with van der Waals surface area (Å²) in [5.74, 6) is -1.70. The first-order valence-corrected chi connectivity index (χ1v) is 8.26. The first-order chi connectivity index (χ1) is 12.3. The van der Waals surface area contributed by atoms with Gasteiger partial charge in [-0.25, -0.2) is 9.59 Å². The molecule has 1 aromatic rings. The van der Waals surface area contributed by atoms with E-state index < -0.39 is 18.0 Å². The zero-order valence-electron chi connectivity index (χ0n) is 15.7. The van der Waals surface area contributed by atoms with Crippen molar-refractivity contribution in [1.29, 1.82) is 0 Å². The van der Waals surface area contributed by atoms with E-state index >= 15 is 0 Å². The van der Waals surface area contributed by atoms with Gasteiger partial charge in [0.15, 0.2) is 5.78 Å². The monoisotopic (exact) mass is 363 g/mol. The summed E-state index contributed by atoms with van der Waals surface area (Å²) in [6, 6.07) is 2.84. The van der Waals surface area contributed by atoms with Gasteiger partial charge in [0, 0.05) is 6.04 Å². The molecule has 1 unspecified atom stereocenters. The quantitative estimate of drug-likeness (QED) is 0.415. The Morgan fingerprint density at radius 1 is 1.23 bits per heavy atom. The van der Waals surface area contributed by atoms with Crippen LogP contribution in [0.2, 0.25) is 0 Å². The van der Waals surface area contributed by atoms with E-state index in [9.17, 15) is 19.5 Å². The molecule has 0 radical (unpaired) electrons. The number of rotatable bonds is 8. The normalized spacial score (nSPS) is 12.3. The number of hydrogen-bond donors (Lipinski definition) is 2. The molecule has 7 heteroatoms. The minimum Gasteiger partial charge on any atom is -0.507 e. The van der Waals surface area contributed by atoms with Crippen LogP contribution in [0.25, 0.3) is 0 Å². The molecule has 0 heterocycles. The van der Waals surface area contributed by atoms with Crippen LogP contribution in [-0.2, 0) is 25.5 Å². The van der Waals surface area contributed by atoms with E-state index in [0.29, 0.717) is 17.5 Å². The summed E-state index contributed by atoms with van der Waals surface area (Å²) in [6.45, 7) is 5.12. The molecule has 142 valence electrons. The summed E-state index contributed by atoms with van der Waals surface area (Å²) in [4.78, 5) is 35.0. The van der Waals surface area contributed by atoms with Crippen LogP contribution in [0.1, 0.15) is 54.7 Å². The van der Waals surface area contributed by atoms with Gasteiger partial charge in [0.2, 0.25) is 0 Å². The lowest BCUT2D eigenvalue weighted by Gasteiger charge is -2.21. The number of esters is 2. The lowest BCUT2D eigenvalue weighted by atomic mass is 9.93. The van der Waals surface area contributed by atoms with Crippen LogP contribution in [0.5, 0.6) is 5.75 Å². The number of ketones is 1. The molecule has 2 N–H and O–H groups in total.